The molecule has 2 aromatic carbocycles. The van der Waals surface area contributed by atoms with Crippen LogP contribution in [-0.2, 0) is 0 Å². The number of benzene rings is 2. The Kier molecular flexibility index (Phi) is 3.66. The molecule has 3 rings (SSSR count). The van der Waals surface area contributed by atoms with Gasteiger partial charge in [0.05, 0.1) is 22.0 Å². The molecule has 0 spiro atoms. The maximum absolute atomic E-state index is 12.3. The lowest BCUT2D eigenvalue weighted by atomic mass is 10.2. The van der Waals surface area contributed by atoms with E-state index in [0.29, 0.717) is 10.2 Å². The third kappa shape index (κ3) is 2.65. The summed E-state index contributed by atoms with van der Waals surface area (Å²) in [5.74, 6) is -0.269. The van der Waals surface area contributed by atoms with Crippen molar-refractivity contribution in [3.8, 4) is 5.75 Å². The van der Waals surface area contributed by atoms with E-state index in [-0.39, 0.29) is 22.4 Å². The van der Waals surface area contributed by atoms with Crippen molar-refractivity contribution in [1.29, 1.82) is 0 Å². The molecule has 0 atom stereocenters. The number of aromatic hydroxyl groups is 1. The highest BCUT2D eigenvalue weighted by molar-refractivity contribution is 5.84. The Morgan fingerprint density at radius 2 is 1.96 bits per heavy atom. The Hall–Kier alpha value is -3.75. The zero-order chi connectivity index (χ0) is 17.3. The summed E-state index contributed by atoms with van der Waals surface area (Å²) in [6, 6.07) is 9.77. The van der Waals surface area contributed by atoms with Crippen molar-refractivity contribution in [1.82, 2.24) is 9.66 Å². The quantitative estimate of drug-likeness (QED) is 0.424. The number of phenols is 1. The number of hydrogen-bond acceptors (Lipinski definition) is 6. The third-order valence-corrected chi connectivity index (χ3v) is 3.32. The molecule has 0 saturated carbocycles. The zero-order valence-corrected chi connectivity index (χ0v) is 12.0. The van der Waals surface area contributed by atoms with Gasteiger partial charge < -0.3 is 10.1 Å². The van der Waals surface area contributed by atoms with Gasteiger partial charge >= 0.3 is 5.69 Å². The van der Waals surface area contributed by atoms with Gasteiger partial charge in [0.25, 0.3) is 11.2 Å². The molecular formula is C15H10N4O5. The lowest BCUT2D eigenvalue weighted by Crippen LogP contribution is -2.32. The molecule has 0 unspecified atom stereocenters. The molecule has 9 nitrogen and oxygen atoms in total. The molecule has 120 valence electrons. The van der Waals surface area contributed by atoms with Gasteiger partial charge in [0.15, 0.2) is 0 Å². The fourth-order valence-electron chi connectivity index (χ4n) is 2.14. The van der Waals surface area contributed by atoms with Gasteiger partial charge in [-0.3, -0.25) is 14.9 Å². The Morgan fingerprint density at radius 3 is 2.71 bits per heavy atom. The third-order valence-electron chi connectivity index (χ3n) is 3.32. The highest BCUT2D eigenvalue weighted by Crippen LogP contribution is 2.21. The van der Waals surface area contributed by atoms with Gasteiger partial charge in [0.2, 0.25) is 0 Å². The van der Waals surface area contributed by atoms with Crippen LogP contribution in [0.15, 0.2) is 57.2 Å². The fraction of sp³-hybridized carbons (Fsp3) is 0. The Bertz CT molecular complexity index is 1100. The van der Waals surface area contributed by atoms with E-state index in [0.717, 1.165) is 24.4 Å². The van der Waals surface area contributed by atoms with Crippen LogP contribution in [0.5, 0.6) is 5.75 Å². The first kappa shape index (κ1) is 15.2. The summed E-state index contributed by atoms with van der Waals surface area (Å²) >= 11 is 0. The van der Waals surface area contributed by atoms with Gasteiger partial charge in [-0.2, -0.15) is 5.10 Å². The van der Waals surface area contributed by atoms with Crippen molar-refractivity contribution in [2.24, 2.45) is 5.10 Å². The molecule has 0 radical (unpaired) electrons. The fourth-order valence-corrected chi connectivity index (χ4v) is 2.14. The average molecular weight is 326 g/mol. The Balaban J connectivity index is 2.12. The first-order valence-corrected chi connectivity index (χ1v) is 6.73. The maximum Gasteiger partial charge on any atom is 0.349 e. The molecule has 1 aromatic heterocycles. The summed E-state index contributed by atoms with van der Waals surface area (Å²) in [7, 11) is 0. The van der Waals surface area contributed by atoms with E-state index >= 15 is 0 Å². The largest absolute Gasteiger partial charge is 0.507 e. The molecule has 0 amide bonds. The van der Waals surface area contributed by atoms with Crippen molar-refractivity contribution in [3.63, 3.8) is 0 Å². The van der Waals surface area contributed by atoms with Crippen LogP contribution in [-0.4, -0.2) is 25.9 Å². The van der Waals surface area contributed by atoms with Crippen molar-refractivity contribution in [2.75, 3.05) is 0 Å². The average Bonchev–Trinajstić information content (AvgIpc) is 2.56. The molecule has 3 aromatic rings. The highest BCUT2D eigenvalue weighted by atomic mass is 16.6. The van der Waals surface area contributed by atoms with Gasteiger partial charge in [-0.25, -0.2) is 4.79 Å². The molecule has 0 aliphatic rings. The second-order valence-electron chi connectivity index (χ2n) is 4.84. The van der Waals surface area contributed by atoms with Crippen LogP contribution in [0.25, 0.3) is 10.9 Å². The van der Waals surface area contributed by atoms with Crippen LogP contribution in [0.3, 0.4) is 0 Å². The topological polar surface area (TPSA) is 131 Å². The molecule has 0 bridgehead atoms. The number of aromatic amines is 1. The molecule has 0 saturated heterocycles. The first-order valence-electron chi connectivity index (χ1n) is 6.73. The minimum absolute atomic E-state index is 0.00339. The standard InChI is InChI=1S/C15H10N4O5/c20-13-6-5-10(19(23)24)7-9(13)8-16-18-14(21)11-3-1-2-4-12(11)17-15(18)22/h1-8,20H,(H,17,22)/b16-8+. The smallest absolute Gasteiger partial charge is 0.349 e. The summed E-state index contributed by atoms with van der Waals surface area (Å²) < 4.78 is 0.584. The minimum atomic E-state index is -0.764. The minimum Gasteiger partial charge on any atom is -0.507 e. The van der Waals surface area contributed by atoms with Crippen LogP contribution in [0.4, 0.5) is 5.69 Å². The molecule has 1 heterocycles. The number of nitro groups is 1. The number of nitrogens with zero attached hydrogens (tertiary/aromatic N) is 3. The van der Waals surface area contributed by atoms with E-state index in [2.05, 4.69) is 10.1 Å². The van der Waals surface area contributed by atoms with Crippen LogP contribution in [0.1, 0.15) is 5.56 Å². The second-order valence-corrected chi connectivity index (χ2v) is 4.84. The maximum atomic E-state index is 12.3. The lowest BCUT2D eigenvalue weighted by molar-refractivity contribution is -0.384. The SMILES string of the molecule is O=c1[nH]c2ccccc2c(=O)n1/N=C/c1cc([N+](=O)[O-])ccc1O. The van der Waals surface area contributed by atoms with Gasteiger partial charge in [-0.15, -0.1) is 4.68 Å². The number of nitrogens with one attached hydrogen (secondary N) is 1. The molecule has 24 heavy (non-hydrogen) atoms. The number of rotatable bonds is 3. The molecule has 0 fully saturated rings. The predicted molar refractivity (Wildman–Crippen MR) is 86.6 cm³/mol. The van der Waals surface area contributed by atoms with Crippen LogP contribution < -0.4 is 11.2 Å². The van der Waals surface area contributed by atoms with Crippen LogP contribution >= 0.6 is 0 Å². The number of para-hydroxylation sites is 1. The Morgan fingerprint density at radius 1 is 1.21 bits per heavy atom. The summed E-state index contributed by atoms with van der Waals surface area (Å²) in [5, 5.41) is 24.5. The first-order chi connectivity index (χ1) is 11.5. The van der Waals surface area contributed by atoms with E-state index in [1.165, 1.54) is 6.07 Å². The van der Waals surface area contributed by atoms with Crippen molar-refractivity contribution >= 4 is 22.8 Å². The van der Waals surface area contributed by atoms with Gasteiger partial charge in [-0.05, 0) is 18.2 Å². The van der Waals surface area contributed by atoms with E-state index < -0.39 is 16.2 Å². The van der Waals surface area contributed by atoms with Gasteiger partial charge in [-0.1, -0.05) is 12.1 Å². The summed E-state index contributed by atoms with van der Waals surface area (Å²) in [4.78, 5) is 36.9. The van der Waals surface area contributed by atoms with E-state index in [1.54, 1.807) is 18.2 Å². The number of fused-ring (bicyclic) bond motifs is 1. The lowest BCUT2D eigenvalue weighted by Gasteiger charge is -2.01. The summed E-state index contributed by atoms with van der Waals surface area (Å²) in [6.07, 6.45) is 1.01. The summed E-state index contributed by atoms with van der Waals surface area (Å²) in [6.45, 7) is 0. The van der Waals surface area contributed by atoms with Crippen LogP contribution in [0, 0.1) is 10.1 Å². The number of nitro benzene ring substituents is 1. The van der Waals surface area contributed by atoms with Crippen molar-refractivity contribution < 1.29 is 10.0 Å². The monoisotopic (exact) mass is 326 g/mol. The van der Waals surface area contributed by atoms with Crippen molar-refractivity contribution in [3.05, 3.63) is 79.0 Å². The van der Waals surface area contributed by atoms with Gasteiger partial charge in [0, 0.05) is 17.7 Å². The zero-order valence-electron chi connectivity index (χ0n) is 12.0. The molecule has 0 aliphatic heterocycles. The van der Waals surface area contributed by atoms with E-state index in [1.807, 2.05) is 0 Å². The van der Waals surface area contributed by atoms with Crippen molar-refractivity contribution in [2.45, 2.75) is 0 Å². The number of phenolic OH excluding ortho intramolecular Hbond substituents is 1. The van der Waals surface area contributed by atoms with E-state index in [9.17, 15) is 24.8 Å². The highest BCUT2D eigenvalue weighted by Gasteiger charge is 2.10. The molecule has 2 N–H and O–H groups in total. The second kappa shape index (κ2) is 5.80. The molecule has 0 aliphatic carbocycles. The normalized spacial score (nSPS) is 11.2. The number of hydrogen-bond donors (Lipinski definition) is 2. The van der Waals surface area contributed by atoms with E-state index in [4.69, 9.17) is 0 Å². The van der Waals surface area contributed by atoms with Gasteiger partial charge in [0.1, 0.15) is 5.75 Å². The predicted octanol–water partition coefficient (Wildman–Crippen LogP) is 1.19. The summed E-state index contributed by atoms with van der Waals surface area (Å²) in [5.41, 5.74) is -1.29. The number of aromatic nitrogens is 2. The number of H-pyrrole nitrogens is 1. The number of non-ortho nitro benzene ring substituents is 1. The molecular weight excluding hydrogens is 316 g/mol. The molecule has 9 heteroatoms. The van der Waals surface area contributed by atoms with Crippen LogP contribution in [0.2, 0.25) is 0 Å². The Labute approximate surface area is 133 Å².